The van der Waals surface area contributed by atoms with Crippen molar-refractivity contribution >= 4 is 53.1 Å². The maximum Gasteiger partial charge on any atom is 0.251 e. The molecule has 1 aliphatic heterocycles. The maximum atomic E-state index is 11.8. The number of nitrogens with one attached hydrogen (secondary N) is 2. The molecule has 0 spiro atoms. The monoisotopic (exact) mass is 555 g/mol. The van der Waals surface area contributed by atoms with Crippen molar-refractivity contribution in [1.29, 1.82) is 0 Å². The number of guanidine groups is 1. The lowest BCUT2D eigenvalue weighted by molar-refractivity contribution is 0.0963. The molecule has 1 amide bonds. The molecule has 1 saturated heterocycles. The Hall–Kier alpha value is -2.00. The van der Waals surface area contributed by atoms with E-state index in [0.29, 0.717) is 5.56 Å². The first kappa shape index (κ1) is 25.3. The van der Waals surface area contributed by atoms with Gasteiger partial charge >= 0.3 is 0 Å². The van der Waals surface area contributed by atoms with E-state index in [4.69, 9.17) is 11.6 Å². The zero-order valence-electron chi connectivity index (χ0n) is 18.3. The van der Waals surface area contributed by atoms with E-state index in [2.05, 4.69) is 38.4 Å². The Balaban J connectivity index is 0.00000341. The smallest absolute Gasteiger partial charge is 0.251 e. The Kier molecular flexibility index (Phi) is 9.90. The number of hydrogen-bond acceptors (Lipinski definition) is 3. The van der Waals surface area contributed by atoms with Crippen LogP contribution in [0.3, 0.4) is 0 Å². The van der Waals surface area contributed by atoms with Crippen LogP contribution in [0, 0.1) is 6.92 Å². The van der Waals surface area contributed by atoms with Crippen LogP contribution in [0.1, 0.15) is 21.5 Å². The first-order valence-electron chi connectivity index (χ1n) is 10.3. The molecule has 1 aliphatic rings. The summed E-state index contributed by atoms with van der Waals surface area (Å²) in [4.78, 5) is 20.9. The number of piperazine rings is 1. The van der Waals surface area contributed by atoms with Gasteiger partial charge in [0.2, 0.25) is 0 Å². The quantitative estimate of drug-likeness (QED) is 0.337. The van der Waals surface area contributed by atoms with E-state index in [0.717, 1.165) is 55.7 Å². The van der Waals surface area contributed by atoms with Crippen molar-refractivity contribution in [3.05, 3.63) is 64.2 Å². The van der Waals surface area contributed by atoms with Crippen molar-refractivity contribution in [3.63, 3.8) is 0 Å². The molecule has 0 saturated carbocycles. The van der Waals surface area contributed by atoms with Crippen molar-refractivity contribution < 1.29 is 4.79 Å². The molecule has 0 aliphatic carbocycles. The van der Waals surface area contributed by atoms with Gasteiger partial charge < -0.3 is 20.4 Å². The van der Waals surface area contributed by atoms with Crippen LogP contribution < -0.4 is 15.5 Å². The lowest BCUT2D eigenvalue weighted by Crippen LogP contribution is -2.53. The molecule has 1 heterocycles. The molecule has 0 bridgehead atoms. The summed E-state index contributed by atoms with van der Waals surface area (Å²) in [5, 5.41) is 6.90. The topological polar surface area (TPSA) is 60.0 Å². The van der Waals surface area contributed by atoms with Gasteiger partial charge in [0.05, 0.1) is 0 Å². The normalized spacial score (nSPS) is 14.1. The summed E-state index contributed by atoms with van der Waals surface area (Å²) in [6.45, 7) is 6.54. The van der Waals surface area contributed by atoms with Crippen LogP contribution in [0.4, 0.5) is 5.69 Å². The Morgan fingerprint density at radius 2 is 1.87 bits per heavy atom. The van der Waals surface area contributed by atoms with Crippen molar-refractivity contribution in [2.24, 2.45) is 4.99 Å². The zero-order valence-corrected chi connectivity index (χ0v) is 21.4. The Labute approximate surface area is 207 Å². The predicted molar refractivity (Wildman–Crippen MR) is 140 cm³/mol. The second-order valence-corrected chi connectivity index (χ2v) is 7.84. The minimum absolute atomic E-state index is 0. The molecule has 1 fully saturated rings. The minimum atomic E-state index is -0.0616. The zero-order chi connectivity index (χ0) is 21.5. The second kappa shape index (κ2) is 12.1. The molecule has 168 valence electrons. The summed E-state index contributed by atoms with van der Waals surface area (Å²) in [6.07, 6.45) is 0.825. The van der Waals surface area contributed by atoms with Crippen LogP contribution in [-0.4, -0.2) is 63.6 Å². The third-order valence-corrected chi connectivity index (χ3v) is 5.65. The van der Waals surface area contributed by atoms with Crippen molar-refractivity contribution in [2.75, 3.05) is 51.7 Å². The highest BCUT2D eigenvalue weighted by molar-refractivity contribution is 14.0. The van der Waals surface area contributed by atoms with Crippen LogP contribution >= 0.6 is 35.6 Å². The molecule has 2 aromatic carbocycles. The molecule has 8 heteroatoms. The molecule has 0 aromatic heterocycles. The van der Waals surface area contributed by atoms with Crippen molar-refractivity contribution in [2.45, 2.75) is 13.3 Å². The molecule has 0 unspecified atom stereocenters. The number of halogens is 2. The van der Waals surface area contributed by atoms with Gasteiger partial charge in [0.15, 0.2) is 5.96 Å². The number of carbonyl (C=O) groups is 1. The second-order valence-electron chi connectivity index (χ2n) is 7.41. The molecule has 2 N–H and O–H groups in total. The number of amides is 1. The van der Waals surface area contributed by atoms with Crippen molar-refractivity contribution in [3.8, 4) is 0 Å². The van der Waals surface area contributed by atoms with Crippen LogP contribution in [0.2, 0.25) is 5.02 Å². The van der Waals surface area contributed by atoms with Gasteiger partial charge in [-0.05, 0) is 48.7 Å². The number of aliphatic imine (C=N–C) groups is 1. The summed E-state index contributed by atoms with van der Waals surface area (Å²) >= 11 is 6.19. The number of rotatable bonds is 5. The van der Waals surface area contributed by atoms with Gasteiger partial charge in [-0.15, -0.1) is 24.0 Å². The van der Waals surface area contributed by atoms with E-state index < -0.39 is 0 Å². The number of hydrogen-bond donors (Lipinski definition) is 2. The highest BCUT2D eigenvalue weighted by atomic mass is 127. The number of benzene rings is 2. The van der Waals surface area contributed by atoms with Crippen LogP contribution in [0.15, 0.2) is 47.5 Å². The Morgan fingerprint density at radius 3 is 2.55 bits per heavy atom. The predicted octanol–water partition coefficient (Wildman–Crippen LogP) is 3.57. The molecule has 6 nitrogen and oxygen atoms in total. The summed E-state index contributed by atoms with van der Waals surface area (Å²) in [6, 6.07) is 13.8. The van der Waals surface area contributed by atoms with Crippen LogP contribution in [-0.2, 0) is 6.42 Å². The van der Waals surface area contributed by atoms with E-state index in [-0.39, 0.29) is 29.9 Å². The highest BCUT2D eigenvalue weighted by Gasteiger charge is 2.20. The third kappa shape index (κ3) is 6.74. The van der Waals surface area contributed by atoms with Gasteiger partial charge in [0, 0.05) is 63.1 Å². The first-order chi connectivity index (χ1) is 14.5. The molecule has 2 aromatic rings. The molecule has 31 heavy (non-hydrogen) atoms. The molecule has 0 radical (unpaired) electrons. The maximum absolute atomic E-state index is 11.8. The lowest BCUT2D eigenvalue weighted by atomic mass is 10.1. The van der Waals surface area contributed by atoms with Gasteiger partial charge in [-0.2, -0.15) is 0 Å². The number of nitrogens with zero attached hydrogens (tertiary/aromatic N) is 3. The number of anilines is 1. The summed E-state index contributed by atoms with van der Waals surface area (Å²) in [5.74, 6) is 0.855. The summed E-state index contributed by atoms with van der Waals surface area (Å²) in [7, 11) is 3.47. The van der Waals surface area contributed by atoms with Gasteiger partial charge in [-0.1, -0.05) is 29.8 Å². The number of carbonyl (C=O) groups excluding carboxylic acids is 1. The average Bonchev–Trinajstić information content (AvgIpc) is 2.78. The van der Waals surface area contributed by atoms with E-state index in [9.17, 15) is 4.79 Å². The fraction of sp³-hybridized carbons (Fsp3) is 0.391. The van der Waals surface area contributed by atoms with E-state index in [1.165, 1.54) is 11.3 Å². The van der Waals surface area contributed by atoms with E-state index >= 15 is 0 Å². The Morgan fingerprint density at radius 1 is 1.13 bits per heavy atom. The average molecular weight is 556 g/mol. The van der Waals surface area contributed by atoms with Crippen LogP contribution in [0.25, 0.3) is 0 Å². The summed E-state index contributed by atoms with van der Waals surface area (Å²) < 4.78 is 0. The van der Waals surface area contributed by atoms with Crippen LogP contribution in [0.5, 0.6) is 0 Å². The first-order valence-corrected chi connectivity index (χ1v) is 10.7. The third-order valence-electron chi connectivity index (χ3n) is 5.42. The van der Waals surface area contributed by atoms with E-state index in [1.807, 2.05) is 43.4 Å². The number of aryl methyl sites for hydroxylation is 1. The van der Waals surface area contributed by atoms with Gasteiger partial charge in [-0.3, -0.25) is 9.79 Å². The van der Waals surface area contributed by atoms with Gasteiger partial charge in [0.1, 0.15) is 0 Å². The standard InChI is InChI=1S/C23H30ClN5O.HI/c1-17-7-8-20(24)16-21(17)28-11-13-29(14-12-28)23(26-3)27-10-9-18-5-4-6-19(15-18)22(30)25-2;/h4-8,15-16H,9-14H2,1-3H3,(H,25,30)(H,26,27);1H. The van der Waals surface area contributed by atoms with Gasteiger partial charge in [0.25, 0.3) is 5.91 Å². The SMILES string of the molecule is CN=C(NCCc1cccc(C(=O)NC)c1)N1CCN(c2cc(Cl)ccc2C)CC1.I. The fourth-order valence-electron chi connectivity index (χ4n) is 3.75. The minimum Gasteiger partial charge on any atom is -0.368 e. The lowest BCUT2D eigenvalue weighted by Gasteiger charge is -2.38. The molecule has 0 atom stereocenters. The molecule has 3 rings (SSSR count). The summed E-state index contributed by atoms with van der Waals surface area (Å²) in [5.41, 5.74) is 4.27. The van der Waals surface area contributed by atoms with E-state index in [1.54, 1.807) is 7.05 Å². The Bertz CT molecular complexity index is 913. The van der Waals surface area contributed by atoms with Gasteiger partial charge in [-0.25, -0.2) is 0 Å². The highest BCUT2D eigenvalue weighted by Crippen LogP contribution is 2.25. The molecular formula is C23H31ClIN5O. The fourth-order valence-corrected chi connectivity index (χ4v) is 3.91. The largest absolute Gasteiger partial charge is 0.368 e. The van der Waals surface area contributed by atoms with Crippen molar-refractivity contribution in [1.82, 2.24) is 15.5 Å². The molecular weight excluding hydrogens is 525 g/mol.